The van der Waals surface area contributed by atoms with Crippen LogP contribution < -0.4 is 5.32 Å². The van der Waals surface area contributed by atoms with Gasteiger partial charge in [0.1, 0.15) is 0 Å². The summed E-state index contributed by atoms with van der Waals surface area (Å²) in [5.41, 5.74) is 1.34. The molecule has 1 aromatic carbocycles. The lowest BCUT2D eigenvalue weighted by molar-refractivity contribution is -0.133. The average molecular weight is 383 g/mol. The summed E-state index contributed by atoms with van der Waals surface area (Å²) >= 11 is 0. The molecule has 1 atom stereocenters. The average Bonchev–Trinajstić information content (AvgIpc) is 2.66. The van der Waals surface area contributed by atoms with Gasteiger partial charge in [0, 0.05) is 26.6 Å². The second-order valence-electron chi connectivity index (χ2n) is 7.23. The molecule has 0 saturated carbocycles. The van der Waals surface area contributed by atoms with Crippen LogP contribution in [0.5, 0.6) is 0 Å². The molecule has 0 spiro atoms. The van der Waals surface area contributed by atoms with E-state index < -0.39 is 0 Å². The third kappa shape index (κ3) is 8.07. The summed E-state index contributed by atoms with van der Waals surface area (Å²) in [6, 6.07) is 10.5. The molecule has 1 amide bonds. The zero-order chi connectivity index (χ0) is 17.9. The first-order valence-electron chi connectivity index (χ1n) is 9.72. The lowest BCUT2D eigenvalue weighted by atomic mass is 9.84. The van der Waals surface area contributed by atoms with E-state index in [1.165, 1.54) is 18.4 Å². The van der Waals surface area contributed by atoms with Crippen LogP contribution in [0.25, 0.3) is 0 Å². The van der Waals surface area contributed by atoms with Crippen molar-refractivity contribution in [1.82, 2.24) is 10.2 Å². The Morgan fingerprint density at radius 3 is 2.58 bits per heavy atom. The van der Waals surface area contributed by atoms with E-state index in [0.29, 0.717) is 31.4 Å². The largest absolute Gasteiger partial charge is 0.383 e. The standard InChI is InChI=1S/C21H34N2O2.ClH/c1-18(20-10-12-22-13-11-20)17-21(24)23(15-16-25-2)14-6-9-19-7-4-3-5-8-19;/h3-5,7-8,18,20,22H,6,9-17H2,1-2H3;1H. The van der Waals surface area contributed by atoms with Crippen LogP contribution in [0.15, 0.2) is 30.3 Å². The van der Waals surface area contributed by atoms with E-state index in [2.05, 4.69) is 36.5 Å². The fourth-order valence-corrected chi connectivity index (χ4v) is 3.67. The number of rotatable bonds is 10. The Kier molecular flexibility index (Phi) is 11.6. The summed E-state index contributed by atoms with van der Waals surface area (Å²) in [5.74, 6) is 1.43. The minimum atomic E-state index is 0. The van der Waals surface area contributed by atoms with Crippen molar-refractivity contribution >= 4 is 18.3 Å². The minimum absolute atomic E-state index is 0. The number of hydrogen-bond acceptors (Lipinski definition) is 3. The number of piperidine rings is 1. The van der Waals surface area contributed by atoms with Gasteiger partial charge in [-0.05, 0) is 56.2 Å². The van der Waals surface area contributed by atoms with Crippen LogP contribution in [0.2, 0.25) is 0 Å². The molecule has 1 aromatic rings. The van der Waals surface area contributed by atoms with Gasteiger partial charge in [-0.1, -0.05) is 37.3 Å². The van der Waals surface area contributed by atoms with Crippen molar-refractivity contribution in [2.24, 2.45) is 11.8 Å². The first kappa shape index (κ1) is 22.9. The van der Waals surface area contributed by atoms with Gasteiger partial charge in [0.2, 0.25) is 5.91 Å². The fourth-order valence-electron chi connectivity index (χ4n) is 3.67. The summed E-state index contributed by atoms with van der Waals surface area (Å²) in [6.45, 7) is 6.55. The molecular formula is C21H35ClN2O2. The Labute approximate surface area is 165 Å². The molecule has 26 heavy (non-hydrogen) atoms. The number of aryl methyl sites for hydroxylation is 1. The van der Waals surface area contributed by atoms with Gasteiger partial charge in [0.25, 0.3) is 0 Å². The van der Waals surface area contributed by atoms with Crippen LogP contribution in [-0.4, -0.2) is 50.7 Å². The van der Waals surface area contributed by atoms with Crippen LogP contribution in [0.4, 0.5) is 0 Å². The molecular weight excluding hydrogens is 348 g/mol. The number of nitrogens with one attached hydrogen (secondary N) is 1. The normalized spacial score (nSPS) is 15.9. The van der Waals surface area contributed by atoms with Crippen LogP contribution in [0.3, 0.4) is 0 Å². The molecule has 0 bridgehead atoms. The molecule has 5 heteroatoms. The van der Waals surface area contributed by atoms with E-state index in [0.717, 1.165) is 32.5 Å². The molecule has 0 radical (unpaired) electrons. The molecule has 1 fully saturated rings. The quantitative estimate of drug-likeness (QED) is 0.672. The van der Waals surface area contributed by atoms with Crippen molar-refractivity contribution in [3.8, 4) is 0 Å². The highest BCUT2D eigenvalue weighted by atomic mass is 35.5. The van der Waals surface area contributed by atoms with Crippen LogP contribution in [0.1, 0.15) is 38.2 Å². The van der Waals surface area contributed by atoms with Crippen molar-refractivity contribution in [2.45, 2.75) is 39.0 Å². The summed E-state index contributed by atoms with van der Waals surface area (Å²) in [7, 11) is 1.70. The molecule has 4 nitrogen and oxygen atoms in total. The fraction of sp³-hybridized carbons (Fsp3) is 0.667. The van der Waals surface area contributed by atoms with E-state index in [1.54, 1.807) is 7.11 Å². The summed E-state index contributed by atoms with van der Waals surface area (Å²) in [6.07, 6.45) is 5.07. The highest BCUT2D eigenvalue weighted by Gasteiger charge is 2.24. The predicted octanol–water partition coefficient (Wildman–Crippen LogP) is 3.54. The Balaban J connectivity index is 0.00000338. The number of carbonyl (C=O) groups is 1. The number of methoxy groups -OCH3 is 1. The number of halogens is 1. The van der Waals surface area contributed by atoms with Gasteiger partial charge in [0.15, 0.2) is 0 Å². The lowest BCUT2D eigenvalue weighted by Crippen LogP contribution is -2.38. The third-order valence-corrected chi connectivity index (χ3v) is 5.34. The zero-order valence-corrected chi connectivity index (χ0v) is 17.1. The van der Waals surface area contributed by atoms with Gasteiger partial charge in [-0.3, -0.25) is 4.79 Å². The first-order chi connectivity index (χ1) is 12.2. The number of hydrogen-bond donors (Lipinski definition) is 1. The molecule has 148 valence electrons. The maximum atomic E-state index is 12.8. The smallest absolute Gasteiger partial charge is 0.222 e. The number of ether oxygens (including phenoxy) is 1. The lowest BCUT2D eigenvalue weighted by Gasteiger charge is -2.30. The Hall–Kier alpha value is -1.10. The molecule has 1 aliphatic rings. The highest BCUT2D eigenvalue weighted by molar-refractivity contribution is 5.85. The van der Waals surface area contributed by atoms with Crippen molar-refractivity contribution in [3.63, 3.8) is 0 Å². The molecule has 1 heterocycles. The molecule has 2 rings (SSSR count). The molecule has 0 aliphatic carbocycles. The van der Waals surface area contributed by atoms with Crippen molar-refractivity contribution in [2.75, 3.05) is 39.9 Å². The van der Waals surface area contributed by atoms with E-state index >= 15 is 0 Å². The summed E-state index contributed by atoms with van der Waals surface area (Å²) in [5, 5.41) is 3.41. The maximum Gasteiger partial charge on any atom is 0.222 e. The van der Waals surface area contributed by atoms with Crippen LogP contribution in [-0.2, 0) is 16.0 Å². The van der Waals surface area contributed by atoms with Crippen LogP contribution in [0, 0.1) is 11.8 Å². The topological polar surface area (TPSA) is 41.6 Å². The van der Waals surface area contributed by atoms with E-state index in [4.69, 9.17) is 4.74 Å². The number of nitrogens with zero attached hydrogens (tertiary/aromatic N) is 1. The first-order valence-corrected chi connectivity index (χ1v) is 9.72. The van der Waals surface area contributed by atoms with Crippen molar-refractivity contribution in [1.29, 1.82) is 0 Å². The Bertz CT molecular complexity index is 492. The third-order valence-electron chi connectivity index (χ3n) is 5.34. The van der Waals surface area contributed by atoms with E-state index in [-0.39, 0.29) is 18.3 Å². The zero-order valence-electron chi connectivity index (χ0n) is 16.3. The predicted molar refractivity (Wildman–Crippen MR) is 110 cm³/mol. The minimum Gasteiger partial charge on any atom is -0.383 e. The molecule has 1 saturated heterocycles. The second kappa shape index (κ2) is 13.1. The van der Waals surface area contributed by atoms with Gasteiger partial charge < -0.3 is 15.0 Å². The van der Waals surface area contributed by atoms with E-state index in [1.807, 2.05) is 11.0 Å². The summed E-state index contributed by atoms with van der Waals surface area (Å²) < 4.78 is 5.21. The van der Waals surface area contributed by atoms with Gasteiger partial charge in [-0.25, -0.2) is 0 Å². The van der Waals surface area contributed by atoms with Gasteiger partial charge in [-0.15, -0.1) is 12.4 Å². The summed E-state index contributed by atoms with van der Waals surface area (Å²) in [4.78, 5) is 14.8. The Morgan fingerprint density at radius 2 is 1.92 bits per heavy atom. The monoisotopic (exact) mass is 382 g/mol. The number of carbonyl (C=O) groups excluding carboxylic acids is 1. The number of amides is 1. The van der Waals surface area contributed by atoms with Crippen molar-refractivity contribution in [3.05, 3.63) is 35.9 Å². The SMILES string of the molecule is COCCN(CCCc1ccccc1)C(=O)CC(C)C1CCNCC1.Cl. The van der Waals surface area contributed by atoms with E-state index in [9.17, 15) is 4.79 Å². The van der Waals surface area contributed by atoms with Gasteiger partial charge >= 0.3 is 0 Å². The second-order valence-corrected chi connectivity index (χ2v) is 7.23. The number of benzene rings is 1. The van der Waals surface area contributed by atoms with Gasteiger partial charge in [0.05, 0.1) is 6.61 Å². The Morgan fingerprint density at radius 1 is 1.23 bits per heavy atom. The molecule has 1 unspecified atom stereocenters. The van der Waals surface area contributed by atoms with Crippen LogP contribution >= 0.6 is 12.4 Å². The van der Waals surface area contributed by atoms with Gasteiger partial charge in [-0.2, -0.15) is 0 Å². The molecule has 0 aromatic heterocycles. The highest BCUT2D eigenvalue weighted by Crippen LogP contribution is 2.25. The maximum absolute atomic E-state index is 12.8. The van der Waals surface area contributed by atoms with Crippen molar-refractivity contribution < 1.29 is 9.53 Å². The molecule has 1 N–H and O–H groups in total. The molecule has 1 aliphatic heterocycles.